The summed E-state index contributed by atoms with van der Waals surface area (Å²) >= 11 is 0.870. The Hall–Kier alpha value is -3.57. The number of amides is 1. The van der Waals surface area contributed by atoms with Crippen molar-refractivity contribution in [1.82, 2.24) is 0 Å². The summed E-state index contributed by atoms with van der Waals surface area (Å²) in [5.41, 5.74) is 3.69. The van der Waals surface area contributed by atoms with Gasteiger partial charge in [0.15, 0.2) is 6.40 Å². The summed E-state index contributed by atoms with van der Waals surface area (Å²) in [5.74, 6) is 0.479. The van der Waals surface area contributed by atoms with Crippen molar-refractivity contribution in [1.29, 1.82) is 0 Å². The lowest BCUT2D eigenvalue weighted by atomic mass is 10.2. The van der Waals surface area contributed by atoms with E-state index in [0.29, 0.717) is 22.8 Å². The minimum Gasteiger partial charge on any atom is -0.446 e. The zero-order valence-electron chi connectivity index (χ0n) is 17.3. The second kappa shape index (κ2) is 11.7. The van der Waals surface area contributed by atoms with E-state index in [0.717, 1.165) is 28.2 Å². The number of aliphatic imine (C=N–C) groups is 1. The van der Waals surface area contributed by atoms with E-state index in [2.05, 4.69) is 29.9 Å². The molecule has 0 heterocycles. The Bertz CT molecular complexity index is 1100. The van der Waals surface area contributed by atoms with Gasteiger partial charge in [-0.1, -0.05) is 5.04 Å². The van der Waals surface area contributed by atoms with E-state index in [1.807, 2.05) is 13.0 Å². The van der Waals surface area contributed by atoms with Gasteiger partial charge < -0.3 is 10.1 Å². The van der Waals surface area contributed by atoms with Crippen LogP contribution in [0.15, 0.2) is 86.8 Å². The van der Waals surface area contributed by atoms with Gasteiger partial charge in [-0.05, 0) is 79.2 Å². The first-order valence-electron chi connectivity index (χ1n) is 9.37. The summed E-state index contributed by atoms with van der Waals surface area (Å²) in [6.07, 6.45) is 1.34. The van der Waals surface area contributed by atoms with Gasteiger partial charge in [-0.15, -0.1) is 4.33 Å². The van der Waals surface area contributed by atoms with Crippen molar-refractivity contribution in [2.24, 2.45) is 15.2 Å². The standard InChI is InChI=1S/C22H20N4O5S/c1-15-13-19(24-16(2)27)7-12-22(15)26-25-18-3-8-20(9-4-18)29-14-23-17-5-10-21(11-6-17)32-31-30-28/h3-14,28H,1-2H3,(H,24,27). The summed E-state index contributed by atoms with van der Waals surface area (Å²) in [5, 5.41) is 22.9. The molecule has 9 nitrogen and oxygen atoms in total. The monoisotopic (exact) mass is 452 g/mol. The van der Waals surface area contributed by atoms with E-state index in [1.54, 1.807) is 60.7 Å². The number of hydrogen-bond acceptors (Lipinski definition) is 9. The fourth-order valence-corrected chi connectivity index (χ4v) is 2.90. The Labute approximate surface area is 188 Å². The van der Waals surface area contributed by atoms with Crippen LogP contribution >= 0.6 is 12.0 Å². The number of ether oxygens (including phenoxy) is 1. The van der Waals surface area contributed by atoms with Crippen molar-refractivity contribution in [2.45, 2.75) is 18.7 Å². The van der Waals surface area contributed by atoms with Gasteiger partial charge in [0.05, 0.1) is 29.1 Å². The molecule has 0 aliphatic rings. The van der Waals surface area contributed by atoms with Crippen LogP contribution in [-0.2, 0) is 14.2 Å². The molecule has 0 saturated heterocycles. The van der Waals surface area contributed by atoms with Gasteiger partial charge in [0.1, 0.15) is 5.75 Å². The zero-order chi connectivity index (χ0) is 22.8. The predicted octanol–water partition coefficient (Wildman–Crippen LogP) is 6.54. The lowest BCUT2D eigenvalue weighted by Gasteiger charge is -2.05. The molecule has 164 valence electrons. The van der Waals surface area contributed by atoms with E-state index in [4.69, 9.17) is 9.99 Å². The van der Waals surface area contributed by atoms with Crippen LogP contribution in [0, 0.1) is 6.92 Å². The molecule has 0 bridgehead atoms. The number of anilines is 1. The molecule has 3 aromatic rings. The van der Waals surface area contributed by atoms with Crippen LogP contribution in [-0.4, -0.2) is 17.6 Å². The fourth-order valence-electron chi connectivity index (χ4n) is 2.54. The van der Waals surface area contributed by atoms with Crippen LogP contribution in [0.3, 0.4) is 0 Å². The molecule has 10 heteroatoms. The van der Waals surface area contributed by atoms with Crippen molar-refractivity contribution in [2.75, 3.05) is 5.32 Å². The first-order chi connectivity index (χ1) is 15.5. The van der Waals surface area contributed by atoms with Crippen LogP contribution in [0.1, 0.15) is 12.5 Å². The summed E-state index contributed by atoms with van der Waals surface area (Å²) in [7, 11) is 0. The van der Waals surface area contributed by atoms with Crippen molar-refractivity contribution in [3.63, 3.8) is 0 Å². The molecule has 0 unspecified atom stereocenters. The molecule has 0 aliphatic carbocycles. The minimum absolute atomic E-state index is 0.122. The van der Waals surface area contributed by atoms with E-state index < -0.39 is 0 Å². The highest BCUT2D eigenvalue weighted by atomic mass is 32.2. The molecule has 2 N–H and O–H groups in total. The third-order valence-corrected chi connectivity index (χ3v) is 4.61. The third-order valence-electron chi connectivity index (χ3n) is 4.02. The number of carbonyl (C=O) groups is 1. The number of azo groups is 1. The largest absolute Gasteiger partial charge is 0.446 e. The lowest BCUT2D eigenvalue weighted by molar-refractivity contribution is -0.432. The molecule has 0 saturated carbocycles. The molecule has 0 aromatic heterocycles. The Balaban J connectivity index is 1.54. The van der Waals surface area contributed by atoms with E-state index in [9.17, 15) is 4.79 Å². The SMILES string of the molecule is CC(=O)Nc1ccc(N=Nc2ccc(OC=Nc3ccc(SOOO)cc3)cc2)c(C)c1. The quantitative estimate of drug-likeness (QED) is 0.0952. The molecule has 3 rings (SSSR count). The normalized spacial score (nSPS) is 11.2. The third kappa shape index (κ3) is 7.29. The average Bonchev–Trinajstić information content (AvgIpc) is 2.78. The maximum atomic E-state index is 11.1. The van der Waals surface area contributed by atoms with E-state index in [1.165, 1.54) is 13.3 Å². The predicted molar refractivity (Wildman–Crippen MR) is 122 cm³/mol. The number of hydrogen-bond donors (Lipinski definition) is 2. The van der Waals surface area contributed by atoms with Gasteiger partial charge in [-0.2, -0.15) is 10.2 Å². The van der Waals surface area contributed by atoms with Crippen LogP contribution in [0.4, 0.5) is 22.7 Å². The average molecular weight is 452 g/mol. The van der Waals surface area contributed by atoms with Crippen molar-refractivity contribution >= 4 is 47.1 Å². The van der Waals surface area contributed by atoms with Gasteiger partial charge in [0.2, 0.25) is 5.91 Å². The zero-order valence-corrected chi connectivity index (χ0v) is 18.1. The van der Waals surface area contributed by atoms with Gasteiger partial charge in [-0.25, -0.2) is 10.2 Å². The second-order valence-electron chi connectivity index (χ2n) is 6.45. The number of carbonyl (C=O) groups excluding carboxylic acids is 1. The second-order valence-corrected chi connectivity index (χ2v) is 7.22. The smallest absolute Gasteiger partial charge is 0.221 e. The van der Waals surface area contributed by atoms with Crippen molar-refractivity contribution in [3.8, 4) is 5.75 Å². The number of benzene rings is 3. The molecule has 0 aliphatic heterocycles. The van der Waals surface area contributed by atoms with Gasteiger partial charge in [0.25, 0.3) is 0 Å². The molecule has 0 radical (unpaired) electrons. The molecule has 0 fully saturated rings. The van der Waals surface area contributed by atoms with Crippen molar-refractivity contribution < 1.29 is 24.2 Å². The summed E-state index contributed by atoms with van der Waals surface area (Å²) < 4.78 is 9.86. The molecule has 0 atom stereocenters. The number of rotatable bonds is 9. The van der Waals surface area contributed by atoms with Gasteiger partial charge in [0, 0.05) is 17.5 Å². The highest BCUT2D eigenvalue weighted by Gasteiger charge is 2.01. The Morgan fingerprint density at radius 2 is 1.72 bits per heavy atom. The summed E-state index contributed by atoms with van der Waals surface area (Å²) in [6, 6.07) is 19.5. The molecular formula is C22H20N4O5S. The maximum absolute atomic E-state index is 11.1. The van der Waals surface area contributed by atoms with Crippen molar-refractivity contribution in [3.05, 3.63) is 72.3 Å². The molecular weight excluding hydrogens is 432 g/mol. The van der Waals surface area contributed by atoms with E-state index >= 15 is 0 Å². The van der Waals surface area contributed by atoms with Crippen LogP contribution in [0.5, 0.6) is 5.75 Å². The Morgan fingerprint density at radius 3 is 2.38 bits per heavy atom. The summed E-state index contributed by atoms with van der Waals surface area (Å²) in [6.45, 7) is 3.37. The van der Waals surface area contributed by atoms with E-state index in [-0.39, 0.29) is 5.91 Å². The maximum Gasteiger partial charge on any atom is 0.221 e. The number of nitrogens with one attached hydrogen (secondary N) is 1. The fraction of sp³-hybridized carbons (Fsp3) is 0.0909. The Morgan fingerprint density at radius 1 is 1.00 bits per heavy atom. The molecule has 0 spiro atoms. The topological polar surface area (TPSA) is 114 Å². The highest BCUT2D eigenvalue weighted by Crippen LogP contribution is 2.26. The lowest BCUT2D eigenvalue weighted by Crippen LogP contribution is -2.05. The van der Waals surface area contributed by atoms with Gasteiger partial charge in [-0.3, -0.25) is 4.79 Å². The minimum atomic E-state index is -0.122. The highest BCUT2D eigenvalue weighted by molar-refractivity contribution is 7.94. The first kappa shape index (κ1) is 23.1. The van der Waals surface area contributed by atoms with Crippen LogP contribution in [0.2, 0.25) is 0 Å². The molecule has 1 amide bonds. The number of aryl methyl sites for hydroxylation is 1. The van der Waals surface area contributed by atoms with Gasteiger partial charge >= 0.3 is 0 Å². The first-order valence-corrected chi connectivity index (χ1v) is 10.1. The van der Waals surface area contributed by atoms with Crippen LogP contribution < -0.4 is 10.1 Å². The molecule has 3 aromatic carbocycles. The van der Waals surface area contributed by atoms with Crippen LogP contribution in [0.25, 0.3) is 0 Å². The number of nitrogens with zero attached hydrogens (tertiary/aromatic N) is 3. The molecule has 32 heavy (non-hydrogen) atoms. The summed E-state index contributed by atoms with van der Waals surface area (Å²) in [4.78, 5) is 16.1. The Kier molecular flexibility index (Phi) is 8.46.